The second-order valence-electron chi connectivity index (χ2n) is 33.0. The Morgan fingerprint density at radius 2 is 0.453 bits per heavy atom. The highest BCUT2D eigenvalue weighted by Gasteiger charge is 2.31. The molecular weight excluding hydrogens is 1380 g/mol. The normalized spacial score (nSPS) is 14.2. The zero-order chi connectivity index (χ0) is 78.1. The number of aliphatic hydroxyl groups is 1. The fourth-order valence-corrected chi connectivity index (χ4v) is 15.0. The van der Waals surface area contributed by atoms with Gasteiger partial charge in [-0.3, -0.25) is 37.3 Å². The van der Waals surface area contributed by atoms with Crippen LogP contribution in [0.15, 0.2) is 0 Å². The van der Waals surface area contributed by atoms with Crippen LogP contribution in [0.1, 0.15) is 453 Å². The topological polar surface area (TPSA) is 237 Å². The summed E-state index contributed by atoms with van der Waals surface area (Å²) in [7, 11) is -9.93. The molecule has 3 N–H and O–H groups in total. The molecule has 0 aromatic rings. The summed E-state index contributed by atoms with van der Waals surface area (Å²) in [5.74, 6) is 1.08. The molecule has 6 atom stereocenters. The Balaban J connectivity index is 5.26. The average molecular weight is 1550 g/mol. The molecular formula is C87H170O17P2. The molecule has 19 heteroatoms. The molecule has 0 rings (SSSR count). The van der Waals surface area contributed by atoms with Crippen molar-refractivity contribution in [1.82, 2.24) is 0 Å². The Morgan fingerprint density at radius 3 is 0.670 bits per heavy atom. The predicted octanol–water partition coefficient (Wildman–Crippen LogP) is 26.3. The van der Waals surface area contributed by atoms with E-state index in [-0.39, 0.29) is 25.7 Å². The Bertz CT molecular complexity index is 2060. The largest absolute Gasteiger partial charge is 0.472 e. The van der Waals surface area contributed by atoms with Crippen LogP contribution in [-0.4, -0.2) is 96.7 Å². The van der Waals surface area contributed by atoms with Gasteiger partial charge >= 0.3 is 39.5 Å². The van der Waals surface area contributed by atoms with Gasteiger partial charge in [-0.25, -0.2) is 9.13 Å². The Kier molecular flexibility index (Phi) is 74.3. The van der Waals surface area contributed by atoms with Gasteiger partial charge in [0.15, 0.2) is 12.2 Å². The zero-order valence-corrected chi connectivity index (χ0v) is 71.9. The highest BCUT2D eigenvalue weighted by atomic mass is 31.2. The van der Waals surface area contributed by atoms with Gasteiger partial charge in [0.25, 0.3) is 0 Å². The number of rotatable bonds is 84. The summed E-state index contributed by atoms with van der Waals surface area (Å²) in [6.45, 7) is 14.4. The summed E-state index contributed by atoms with van der Waals surface area (Å²) < 4.78 is 68.9. The van der Waals surface area contributed by atoms with Gasteiger partial charge in [-0.1, -0.05) is 402 Å². The molecule has 0 saturated heterocycles. The van der Waals surface area contributed by atoms with Crippen molar-refractivity contribution in [3.05, 3.63) is 0 Å². The van der Waals surface area contributed by atoms with Gasteiger partial charge < -0.3 is 33.8 Å². The van der Waals surface area contributed by atoms with E-state index in [0.29, 0.717) is 25.7 Å². The van der Waals surface area contributed by atoms with Crippen molar-refractivity contribution in [2.24, 2.45) is 23.7 Å². The first-order valence-corrected chi connectivity index (χ1v) is 47.7. The van der Waals surface area contributed by atoms with Crippen molar-refractivity contribution in [3.8, 4) is 0 Å². The molecule has 0 bridgehead atoms. The lowest BCUT2D eigenvalue weighted by molar-refractivity contribution is -0.161. The summed E-state index contributed by atoms with van der Waals surface area (Å²) in [5.41, 5.74) is 0. The Hall–Kier alpha value is -1.94. The number of phosphoric acid groups is 2. The summed E-state index contributed by atoms with van der Waals surface area (Å²) in [4.78, 5) is 73.3. The number of carbonyl (C=O) groups excluding carboxylic acids is 4. The fraction of sp³-hybridized carbons (Fsp3) is 0.954. The zero-order valence-electron chi connectivity index (χ0n) is 70.1. The molecule has 106 heavy (non-hydrogen) atoms. The number of phosphoric ester groups is 2. The highest BCUT2D eigenvalue weighted by molar-refractivity contribution is 7.47. The lowest BCUT2D eigenvalue weighted by atomic mass is 9.99. The number of hydrogen-bond acceptors (Lipinski definition) is 15. The van der Waals surface area contributed by atoms with Gasteiger partial charge in [-0.2, -0.15) is 0 Å². The van der Waals surface area contributed by atoms with Gasteiger partial charge in [-0.15, -0.1) is 0 Å². The molecule has 0 radical (unpaired) electrons. The molecule has 0 aliphatic rings. The van der Waals surface area contributed by atoms with E-state index in [1.165, 1.54) is 257 Å². The second kappa shape index (κ2) is 75.7. The van der Waals surface area contributed by atoms with Crippen molar-refractivity contribution >= 4 is 39.5 Å². The molecule has 630 valence electrons. The van der Waals surface area contributed by atoms with E-state index in [0.717, 1.165) is 114 Å². The maximum absolute atomic E-state index is 13.2. The van der Waals surface area contributed by atoms with Crippen LogP contribution in [0.2, 0.25) is 0 Å². The average Bonchev–Trinajstić information content (AvgIpc) is 0.900. The molecule has 0 fully saturated rings. The predicted molar refractivity (Wildman–Crippen MR) is 437 cm³/mol. The molecule has 0 aromatic carbocycles. The number of aliphatic hydroxyl groups excluding tert-OH is 1. The van der Waals surface area contributed by atoms with Gasteiger partial charge in [0, 0.05) is 25.7 Å². The van der Waals surface area contributed by atoms with Crippen molar-refractivity contribution in [2.45, 2.75) is 472 Å². The minimum Gasteiger partial charge on any atom is -0.462 e. The molecule has 3 unspecified atom stereocenters. The first-order valence-electron chi connectivity index (χ1n) is 44.7. The van der Waals surface area contributed by atoms with Crippen molar-refractivity contribution in [2.75, 3.05) is 39.6 Å². The van der Waals surface area contributed by atoms with Crippen LogP contribution in [0.25, 0.3) is 0 Å². The summed E-state index contributed by atoms with van der Waals surface area (Å²) >= 11 is 0. The smallest absolute Gasteiger partial charge is 0.462 e. The highest BCUT2D eigenvalue weighted by Crippen LogP contribution is 2.45. The number of hydrogen-bond donors (Lipinski definition) is 3. The standard InChI is InChI=1S/C87H170O17P2/c1-9-80(8)66-58-50-42-34-26-19-16-17-20-27-35-43-51-59-67-84(89)97-73-82(103-86(91)69-61-53-45-36-28-21-15-13-11-10-12-14-18-24-31-39-47-55-63-77(2)3)75-101-105(93,94)99-71-81(88)72-100-106(95,96)102-76-83(74-98-85(90)68-60-52-44-38-30-33-41-49-57-65-79(6)7)104-87(92)70-62-54-46-37-29-23-22-25-32-40-48-56-64-78(4)5/h77-83,88H,9-76H2,1-8H3,(H,93,94)(H,95,96)/t80?,81-,82-,83-/m1/s1. The first-order chi connectivity index (χ1) is 51.1. The van der Waals surface area contributed by atoms with Crippen LogP contribution in [0.4, 0.5) is 0 Å². The summed E-state index contributed by atoms with van der Waals surface area (Å²) in [6, 6.07) is 0. The second-order valence-corrected chi connectivity index (χ2v) is 35.9. The number of unbranched alkanes of at least 4 members (excludes halogenated alkanes) is 49. The number of esters is 4. The minimum atomic E-state index is -4.97. The Labute approximate surface area is 651 Å². The molecule has 0 aliphatic carbocycles. The summed E-state index contributed by atoms with van der Waals surface area (Å²) in [6.07, 6.45) is 65.2. The Morgan fingerprint density at radius 1 is 0.264 bits per heavy atom. The van der Waals surface area contributed by atoms with Crippen LogP contribution in [-0.2, 0) is 65.4 Å². The van der Waals surface area contributed by atoms with E-state index in [2.05, 4.69) is 55.4 Å². The third kappa shape index (κ3) is 78.7. The molecule has 0 spiro atoms. The summed E-state index contributed by atoms with van der Waals surface area (Å²) in [5, 5.41) is 10.7. The van der Waals surface area contributed by atoms with E-state index in [1.807, 2.05) is 0 Å². The SMILES string of the molecule is CCC(C)CCCCCCCCCCCCCCCCC(=O)OC[C@H](COP(=O)(O)OC[C@@H](O)COP(=O)(O)OC[C@@H](COC(=O)CCCCCCCCCCCC(C)C)OC(=O)CCCCCCCCCCCCCCC(C)C)OC(=O)CCCCCCCCCCCCCCCCCCCCC(C)C. The van der Waals surface area contributed by atoms with Gasteiger partial charge in [0.2, 0.25) is 0 Å². The van der Waals surface area contributed by atoms with Crippen LogP contribution in [0.3, 0.4) is 0 Å². The molecule has 0 saturated carbocycles. The third-order valence-corrected chi connectivity index (χ3v) is 22.6. The van der Waals surface area contributed by atoms with Crippen LogP contribution in [0, 0.1) is 23.7 Å². The maximum Gasteiger partial charge on any atom is 0.472 e. The van der Waals surface area contributed by atoms with Crippen molar-refractivity contribution in [1.29, 1.82) is 0 Å². The van der Waals surface area contributed by atoms with E-state index < -0.39 is 97.5 Å². The van der Waals surface area contributed by atoms with Crippen molar-refractivity contribution < 1.29 is 80.2 Å². The van der Waals surface area contributed by atoms with Gasteiger partial charge in [0.05, 0.1) is 26.4 Å². The van der Waals surface area contributed by atoms with Crippen LogP contribution >= 0.6 is 15.6 Å². The van der Waals surface area contributed by atoms with E-state index in [1.54, 1.807) is 0 Å². The van der Waals surface area contributed by atoms with Crippen LogP contribution < -0.4 is 0 Å². The third-order valence-electron chi connectivity index (χ3n) is 20.7. The maximum atomic E-state index is 13.2. The number of carbonyl (C=O) groups is 4. The van der Waals surface area contributed by atoms with Crippen molar-refractivity contribution in [3.63, 3.8) is 0 Å². The quantitative estimate of drug-likeness (QED) is 0.0222. The van der Waals surface area contributed by atoms with E-state index in [9.17, 15) is 43.2 Å². The molecule has 0 aliphatic heterocycles. The first kappa shape index (κ1) is 104. The molecule has 0 heterocycles. The van der Waals surface area contributed by atoms with Crippen LogP contribution in [0.5, 0.6) is 0 Å². The van der Waals surface area contributed by atoms with Gasteiger partial charge in [-0.05, 0) is 49.4 Å². The molecule has 17 nitrogen and oxygen atoms in total. The lowest BCUT2D eigenvalue weighted by Gasteiger charge is -2.21. The van der Waals surface area contributed by atoms with Gasteiger partial charge in [0.1, 0.15) is 19.3 Å². The molecule has 0 amide bonds. The monoisotopic (exact) mass is 1550 g/mol. The lowest BCUT2D eigenvalue weighted by Crippen LogP contribution is -2.30. The fourth-order valence-electron chi connectivity index (χ4n) is 13.5. The van der Waals surface area contributed by atoms with E-state index in [4.69, 9.17) is 37.0 Å². The molecule has 0 aromatic heterocycles. The number of ether oxygens (including phenoxy) is 4. The van der Waals surface area contributed by atoms with E-state index >= 15 is 0 Å². The minimum absolute atomic E-state index is 0.106.